The number of anilines is 1. The zero-order chi connectivity index (χ0) is 13.7. The Morgan fingerprint density at radius 2 is 2.16 bits per heavy atom. The van der Waals surface area contributed by atoms with E-state index in [-0.39, 0.29) is 11.9 Å². The molecule has 0 bridgehead atoms. The standard InChI is InChI=1S/C13H16N4OS/c1-3-17(2)11(10-7-5-4-6-8-10)12(18)15-13-16-14-9-19-13/h4-9,11H,3H2,1-2H3,(H,15,16,18). The predicted molar refractivity (Wildman–Crippen MR) is 76.0 cm³/mol. The highest BCUT2D eigenvalue weighted by Crippen LogP contribution is 2.21. The summed E-state index contributed by atoms with van der Waals surface area (Å²) in [5, 5.41) is 10.9. The molecule has 6 heteroatoms. The lowest BCUT2D eigenvalue weighted by Crippen LogP contribution is -2.34. The molecular weight excluding hydrogens is 260 g/mol. The van der Waals surface area contributed by atoms with Gasteiger partial charge in [0.25, 0.3) is 0 Å². The second kappa shape index (κ2) is 6.40. The van der Waals surface area contributed by atoms with Gasteiger partial charge in [0.2, 0.25) is 11.0 Å². The summed E-state index contributed by atoms with van der Waals surface area (Å²) in [5.74, 6) is -0.0905. The Bertz CT molecular complexity index is 515. The summed E-state index contributed by atoms with van der Waals surface area (Å²) in [6.07, 6.45) is 0. The molecule has 0 fully saturated rings. The summed E-state index contributed by atoms with van der Waals surface area (Å²) in [6, 6.07) is 9.39. The first-order chi connectivity index (χ1) is 9.22. The van der Waals surface area contributed by atoms with Gasteiger partial charge in [-0.2, -0.15) is 0 Å². The van der Waals surface area contributed by atoms with Gasteiger partial charge in [-0.25, -0.2) is 0 Å². The number of benzene rings is 1. The quantitative estimate of drug-likeness (QED) is 0.909. The lowest BCUT2D eigenvalue weighted by atomic mass is 10.1. The van der Waals surface area contributed by atoms with Crippen LogP contribution in [0.4, 0.5) is 5.13 Å². The molecule has 100 valence electrons. The van der Waals surface area contributed by atoms with Crippen LogP contribution in [0.25, 0.3) is 0 Å². The number of nitrogens with one attached hydrogen (secondary N) is 1. The summed E-state index contributed by atoms with van der Waals surface area (Å²) in [6.45, 7) is 2.80. The number of aromatic nitrogens is 2. The topological polar surface area (TPSA) is 58.1 Å². The Kier molecular flexibility index (Phi) is 4.59. The maximum atomic E-state index is 12.4. The summed E-state index contributed by atoms with van der Waals surface area (Å²) in [7, 11) is 1.93. The first-order valence-electron chi connectivity index (χ1n) is 6.04. The first kappa shape index (κ1) is 13.6. The maximum Gasteiger partial charge on any atom is 0.248 e. The van der Waals surface area contributed by atoms with Crippen molar-refractivity contribution in [3.63, 3.8) is 0 Å². The van der Waals surface area contributed by atoms with E-state index < -0.39 is 0 Å². The largest absolute Gasteiger partial charge is 0.299 e. The molecular formula is C13H16N4OS. The molecule has 1 N–H and O–H groups in total. The minimum absolute atomic E-state index is 0.0905. The van der Waals surface area contributed by atoms with Crippen LogP contribution in [0.1, 0.15) is 18.5 Å². The molecule has 0 aliphatic heterocycles. The van der Waals surface area contributed by atoms with Crippen LogP contribution < -0.4 is 5.32 Å². The van der Waals surface area contributed by atoms with E-state index >= 15 is 0 Å². The minimum atomic E-state index is -0.324. The van der Waals surface area contributed by atoms with Crippen LogP contribution in [-0.2, 0) is 4.79 Å². The highest BCUT2D eigenvalue weighted by Gasteiger charge is 2.24. The maximum absolute atomic E-state index is 12.4. The Hall–Kier alpha value is -1.79. The lowest BCUT2D eigenvalue weighted by Gasteiger charge is -2.25. The van der Waals surface area contributed by atoms with E-state index in [9.17, 15) is 4.79 Å². The Morgan fingerprint density at radius 1 is 1.42 bits per heavy atom. The van der Waals surface area contributed by atoms with E-state index in [1.807, 2.05) is 49.2 Å². The molecule has 1 heterocycles. The minimum Gasteiger partial charge on any atom is -0.299 e. The average Bonchev–Trinajstić information content (AvgIpc) is 2.93. The predicted octanol–water partition coefficient (Wildman–Crippen LogP) is 2.17. The van der Waals surface area contributed by atoms with Crippen LogP contribution in [0.2, 0.25) is 0 Å². The molecule has 1 atom stereocenters. The van der Waals surface area contributed by atoms with Gasteiger partial charge in [-0.3, -0.25) is 15.0 Å². The number of amides is 1. The van der Waals surface area contributed by atoms with Gasteiger partial charge in [0.05, 0.1) is 0 Å². The van der Waals surface area contributed by atoms with Crippen molar-refractivity contribution >= 4 is 22.4 Å². The molecule has 1 amide bonds. The summed E-state index contributed by atoms with van der Waals surface area (Å²) in [5.41, 5.74) is 2.56. The van der Waals surface area contributed by atoms with Crippen molar-refractivity contribution in [2.75, 3.05) is 18.9 Å². The Morgan fingerprint density at radius 3 is 2.74 bits per heavy atom. The number of carbonyl (C=O) groups is 1. The van der Waals surface area contributed by atoms with Crippen LogP contribution in [0.5, 0.6) is 0 Å². The van der Waals surface area contributed by atoms with Crippen LogP contribution in [0.3, 0.4) is 0 Å². The smallest absolute Gasteiger partial charge is 0.248 e. The van der Waals surface area contributed by atoms with Crippen molar-refractivity contribution in [1.82, 2.24) is 15.1 Å². The van der Waals surface area contributed by atoms with E-state index in [2.05, 4.69) is 15.5 Å². The number of nitrogens with zero attached hydrogens (tertiary/aromatic N) is 3. The lowest BCUT2D eigenvalue weighted by molar-refractivity contribution is -0.121. The van der Waals surface area contributed by atoms with Gasteiger partial charge in [-0.05, 0) is 19.2 Å². The van der Waals surface area contributed by atoms with Gasteiger partial charge in [0.15, 0.2) is 0 Å². The molecule has 0 saturated heterocycles. The SMILES string of the molecule is CCN(C)C(C(=O)Nc1nncs1)c1ccccc1. The van der Waals surface area contributed by atoms with Crippen molar-refractivity contribution < 1.29 is 4.79 Å². The monoisotopic (exact) mass is 276 g/mol. The molecule has 1 aromatic heterocycles. The van der Waals surface area contributed by atoms with E-state index in [1.54, 1.807) is 5.51 Å². The van der Waals surface area contributed by atoms with Crippen LogP contribution in [-0.4, -0.2) is 34.6 Å². The molecule has 1 unspecified atom stereocenters. The number of rotatable bonds is 5. The van der Waals surface area contributed by atoms with Crippen LogP contribution >= 0.6 is 11.3 Å². The number of likely N-dealkylation sites (N-methyl/N-ethyl adjacent to an activating group) is 1. The van der Waals surface area contributed by atoms with Gasteiger partial charge in [-0.1, -0.05) is 48.6 Å². The van der Waals surface area contributed by atoms with Crippen molar-refractivity contribution in [3.05, 3.63) is 41.4 Å². The molecule has 5 nitrogen and oxygen atoms in total. The molecule has 0 aliphatic rings. The third-order valence-electron chi connectivity index (χ3n) is 2.89. The molecule has 2 rings (SSSR count). The number of hydrogen-bond acceptors (Lipinski definition) is 5. The van der Waals surface area contributed by atoms with Crippen molar-refractivity contribution in [3.8, 4) is 0 Å². The average molecular weight is 276 g/mol. The van der Waals surface area contributed by atoms with Gasteiger partial charge in [0, 0.05) is 0 Å². The van der Waals surface area contributed by atoms with Crippen molar-refractivity contribution in [2.24, 2.45) is 0 Å². The van der Waals surface area contributed by atoms with E-state index in [0.717, 1.165) is 12.1 Å². The van der Waals surface area contributed by atoms with Gasteiger partial charge in [0.1, 0.15) is 11.6 Å². The number of hydrogen-bond donors (Lipinski definition) is 1. The van der Waals surface area contributed by atoms with E-state index in [4.69, 9.17) is 0 Å². The molecule has 0 aliphatic carbocycles. The molecule has 0 saturated carbocycles. The zero-order valence-corrected chi connectivity index (χ0v) is 11.7. The Balaban J connectivity index is 2.20. The third-order valence-corrected chi connectivity index (χ3v) is 3.50. The molecule has 1 aromatic carbocycles. The first-order valence-corrected chi connectivity index (χ1v) is 6.92. The van der Waals surface area contributed by atoms with Gasteiger partial charge >= 0.3 is 0 Å². The normalized spacial score (nSPS) is 12.4. The van der Waals surface area contributed by atoms with Gasteiger partial charge < -0.3 is 0 Å². The summed E-state index contributed by atoms with van der Waals surface area (Å²) >= 11 is 1.31. The van der Waals surface area contributed by atoms with Gasteiger partial charge in [-0.15, -0.1) is 10.2 Å². The fourth-order valence-corrected chi connectivity index (χ4v) is 2.27. The highest BCUT2D eigenvalue weighted by atomic mass is 32.1. The summed E-state index contributed by atoms with van der Waals surface area (Å²) in [4.78, 5) is 14.4. The summed E-state index contributed by atoms with van der Waals surface area (Å²) < 4.78 is 0. The van der Waals surface area contributed by atoms with E-state index in [0.29, 0.717) is 5.13 Å². The fourth-order valence-electron chi connectivity index (χ4n) is 1.83. The molecule has 0 radical (unpaired) electrons. The van der Waals surface area contributed by atoms with Crippen molar-refractivity contribution in [2.45, 2.75) is 13.0 Å². The highest BCUT2D eigenvalue weighted by molar-refractivity contribution is 7.13. The molecule has 19 heavy (non-hydrogen) atoms. The second-order valence-electron chi connectivity index (χ2n) is 4.12. The third kappa shape index (κ3) is 3.36. The molecule has 0 spiro atoms. The van der Waals surface area contributed by atoms with Crippen LogP contribution in [0, 0.1) is 0 Å². The molecule has 2 aromatic rings. The Labute approximate surface area is 116 Å². The fraction of sp³-hybridized carbons (Fsp3) is 0.308. The second-order valence-corrected chi connectivity index (χ2v) is 4.95. The van der Waals surface area contributed by atoms with Crippen LogP contribution in [0.15, 0.2) is 35.8 Å². The number of carbonyl (C=O) groups excluding carboxylic acids is 1. The zero-order valence-electron chi connectivity index (χ0n) is 10.9. The van der Waals surface area contributed by atoms with E-state index in [1.165, 1.54) is 11.3 Å². The van der Waals surface area contributed by atoms with Crippen molar-refractivity contribution in [1.29, 1.82) is 0 Å².